The maximum Gasteiger partial charge on any atom is 0.271 e. The summed E-state index contributed by atoms with van der Waals surface area (Å²) in [7, 11) is -2.38. The third-order valence-electron chi connectivity index (χ3n) is 4.18. The van der Waals surface area contributed by atoms with Crippen LogP contribution in [-0.2, 0) is 21.2 Å². The molecular formula is C19H21ClFN3O4S. The molecule has 0 aliphatic heterocycles. The van der Waals surface area contributed by atoms with Crippen molar-refractivity contribution in [2.75, 3.05) is 7.05 Å². The fourth-order valence-corrected chi connectivity index (χ4v) is 3.91. The lowest BCUT2D eigenvalue weighted by atomic mass is 10.1. The molecule has 2 aromatic carbocycles. The Kier molecular flexibility index (Phi) is 7.34. The number of nitrogens with one attached hydrogen (secondary N) is 2. The summed E-state index contributed by atoms with van der Waals surface area (Å²) in [6, 6.07) is 8.83. The summed E-state index contributed by atoms with van der Waals surface area (Å²) in [5.74, 6) is -1.73. The van der Waals surface area contributed by atoms with Crippen LogP contribution in [0.1, 0.15) is 29.8 Å². The molecule has 7 nitrogen and oxygen atoms in total. The zero-order chi connectivity index (χ0) is 21.8. The van der Waals surface area contributed by atoms with Crippen molar-refractivity contribution < 1.29 is 22.4 Å². The van der Waals surface area contributed by atoms with Gasteiger partial charge in [-0.2, -0.15) is 4.31 Å². The minimum atomic E-state index is -3.81. The van der Waals surface area contributed by atoms with Gasteiger partial charge in [0.2, 0.25) is 15.9 Å². The molecule has 0 saturated carbocycles. The molecule has 0 aliphatic carbocycles. The molecule has 156 valence electrons. The topological polar surface area (TPSA) is 95.6 Å². The number of hydrogen-bond acceptors (Lipinski definition) is 4. The monoisotopic (exact) mass is 441 g/mol. The zero-order valence-electron chi connectivity index (χ0n) is 16.1. The number of carbonyl (C=O) groups excluding carboxylic acids is 2. The molecule has 29 heavy (non-hydrogen) atoms. The van der Waals surface area contributed by atoms with Crippen molar-refractivity contribution >= 4 is 33.4 Å². The number of hydrazine groups is 1. The number of carbonyl (C=O) groups is 2. The Bertz CT molecular complexity index is 1010. The van der Waals surface area contributed by atoms with Crippen molar-refractivity contribution in [1.82, 2.24) is 15.2 Å². The van der Waals surface area contributed by atoms with Crippen molar-refractivity contribution in [3.8, 4) is 0 Å². The van der Waals surface area contributed by atoms with Gasteiger partial charge in [0.1, 0.15) is 5.82 Å². The van der Waals surface area contributed by atoms with E-state index in [1.165, 1.54) is 47.8 Å². The highest BCUT2D eigenvalue weighted by Gasteiger charge is 2.25. The Morgan fingerprint density at radius 1 is 1.10 bits per heavy atom. The van der Waals surface area contributed by atoms with Gasteiger partial charge in [-0.25, -0.2) is 12.8 Å². The number of benzene rings is 2. The molecule has 0 bridgehead atoms. The van der Waals surface area contributed by atoms with Crippen LogP contribution in [0.4, 0.5) is 4.39 Å². The Labute approximate surface area is 173 Å². The van der Waals surface area contributed by atoms with Crippen molar-refractivity contribution in [1.29, 1.82) is 0 Å². The highest BCUT2D eigenvalue weighted by molar-refractivity contribution is 7.89. The summed E-state index contributed by atoms with van der Waals surface area (Å²) in [4.78, 5) is 24.2. The minimum Gasteiger partial charge on any atom is -0.273 e. The largest absolute Gasteiger partial charge is 0.273 e. The number of sulfonamides is 1. The van der Waals surface area contributed by atoms with Crippen molar-refractivity contribution in [3.63, 3.8) is 0 Å². The van der Waals surface area contributed by atoms with E-state index in [9.17, 15) is 22.4 Å². The van der Waals surface area contributed by atoms with Gasteiger partial charge in [0, 0.05) is 13.1 Å². The summed E-state index contributed by atoms with van der Waals surface area (Å²) >= 11 is 6.03. The molecule has 0 aromatic heterocycles. The molecule has 0 unspecified atom stereocenters. The summed E-state index contributed by atoms with van der Waals surface area (Å²) < 4.78 is 39.3. The highest BCUT2D eigenvalue weighted by Crippen LogP contribution is 2.23. The minimum absolute atomic E-state index is 0.0291. The van der Waals surface area contributed by atoms with Crippen LogP contribution in [0, 0.1) is 5.82 Å². The quantitative estimate of drug-likeness (QED) is 0.673. The smallest absolute Gasteiger partial charge is 0.271 e. The van der Waals surface area contributed by atoms with Crippen LogP contribution >= 0.6 is 11.6 Å². The summed E-state index contributed by atoms with van der Waals surface area (Å²) in [6.07, 6.45) is -0.0815. The average molecular weight is 442 g/mol. The molecule has 10 heteroatoms. The molecule has 2 N–H and O–H groups in total. The van der Waals surface area contributed by atoms with Crippen LogP contribution in [0.5, 0.6) is 0 Å². The molecule has 0 spiro atoms. The van der Waals surface area contributed by atoms with E-state index in [0.29, 0.717) is 5.56 Å². The number of nitrogens with zero attached hydrogens (tertiary/aromatic N) is 1. The second kappa shape index (κ2) is 9.34. The Morgan fingerprint density at radius 3 is 2.31 bits per heavy atom. The highest BCUT2D eigenvalue weighted by atomic mass is 35.5. The molecular weight excluding hydrogens is 421 g/mol. The first-order valence-corrected chi connectivity index (χ1v) is 10.5. The molecule has 0 aliphatic rings. The van der Waals surface area contributed by atoms with Gasteiger partial charge in [-0.05, 0) is 49.7 Å². The third kappa shape index (κ3) is 5.75. The standard InChI is InChI=1S/C19H21ClFN3O4S/c1-12(2)24(3)29(27,28)15-8-9-17(20)16(11-15)19(26)23-22-18(25)10-13-4-6-14(21)7-5-13/h4-9,11-12H,10H2,1-3H3,(H,22,25)(H,23,26). The maximum atomic E-state index is 12.9. The molecule has 0 atom stereocenters. The molecule has 2 aromatic rings. The zero-order valence-corrected chi connectivity index (χ0v) is 17.6. The van der Waals surface area contributed by atoms with Crippen LogP contribution in [0.3, 0.4) is 0 Å². The van der Waals surface area contributed by atoms with Crippen LogP contribution in [-0.4, -0.2) is 37.6 Å². The number of halogens is 2. The van der Waals surface area contributed by atoms with Crippen molar-refractivity contribution in [2.24, 2.45) is 0 Å². The first-order valence-electron chi connectivity index (χ1n) is 8.63. The van der Waals surface area contributed by atoms with E-state index in [-0.39, 0.29) is 27.9 Å². The molecule has 2 amide bonds. The van der Waals surface area contributed by atoms with Gasteiger partial charge in [0.15, 0.2) is 0 Å². The van der Waals surface area contributed by atoms with E-state index >= 15 is 0 Å². The van der Waals surface area contributed by atoms with Gasteiger partial charge in [0.05, 0.1) is 21.9 Å². The molecule has 0 fully saturated rings. The summed E-state index contributed by atoms with van der Waals surface area (Å²) in [5, 5.41) is 0.0291. The number of rotatable bonds is 6. The van der Waals surface area contributed by atoms with E-state index in [2.05, 4.69) is 10.9 Å². The molecule has 0 radical (unpaired) electrons. The lowest BCUT2D eigenvalue weighted by Gasteiger charge is -2.21. The third-order valence-corrected chi connectivity index (χ3v) is 6.54. The van der Waals surface area contributed by atoms with Crippen LogP contribution in [0.2, 0.25) is 5.02 Å². The molecule has 0 saturated heterocycles. The van der Waals surface area contributed by atoms with Crippen molar-refractivity contribution in [2.45, 2.75) is 31.2 Å². The fourth-order valence-electron chi connectivity index (χ4n) is 2.31. The van der Waals surface area contributed by atoms with Gasteiger partial charge in [-0.1, -0.05) is 23.7 Å². The Hall–Kier alpha value is -2.49. The lowest BCUT2D eigenvalue weighted by Crippen LogP contribution is -2.42. The molecule has 2 rings (SSSR count). The first-order chi connectivity index (χ1) is 13.5. The normalized spacial score (nSPS) is 11.6. The van der Waals surface area contributed by atoms with Crippen LogP contribution < -0.4 is 10.9 Å². The fraction of sp³-hybridized carbons (Fsp3) is 0.263. The van der Waals surface area contributed by atoms with Gasteiger partial charge in [-0.3, -0.25) is 20.4 Å². The Morgan fingerprint density at radius 2 is 1.72 bits per heavy atom. The van der Waals surface area contributed by atoms with E-state index in [0.717, 1.165) is 6.07 Å². The first kappa shape index (κ1) is 22.8. The predicted octanol–water partition coefficient (Wildman–Crippen LogP) is 2.51. The van der Waals surface area contributed by atoms with Gasteiger partial charge < -0.3 is 0 Å². The summed E-state index contributed by atoms with van der Waals surface area (Å²) in [5.41, 5.74) is 4.87. The second-order valence-corrected chi connectivity index (χ2v) is 8.97. The second-order valence-electron chi connectivity index (χ2n) is 6.56. The Balaban J connectivity index is 2.10. The summed E-state index contributed by atoms with van der Waals surface area (Å²) in [6.45, 7) is 3.44. The van der Waals surface area contributed by atoms with Gasteiger partial charge >= 0.3 is 0 Å². The van der Waals surface area contributed by atoms with E-state index in [4.69, 9.17) is 11.6 Å². The van der Waals surface area contributed by atoms with Gasteiger partial charge in [-0.15, -0.1) is 0 Å². The number of amides is 2. The SMILES string of the molecule is CC(C)N(C)S(=O)(=O)c1ccc(Cl)c(C(=O)NNC(=O)Cc2ccc(F)cc2)c1. The van der Waals surface area contributed by atoms with Crippen LogP contribution in [0.25, 0.3) is 0 Å². The molecule has 0 heterocycles. The van der Waals surface area contributed by atoms with E-state index < -0.39 is 27.7 Å². The average Bonchev–Trinajstić information content (AvgIpc) is 2.67. The number of hydrogen-bond donors (Lipinski definition) is 2. The van der Waals surface area contributed by atoms with E-state index in [1.54, 1.807) is 13.8 Å². The van der Waals surface area contributed by atoms with Gasteiger partial charge in [0.25, 0.3) is 5.91 Å². The maximum absolute atomic E-state index is 12.9. The van der Waals surface area contributed by atoms with Crippen molar-refractivity contribution in [3.05, 3.63) is 64.4 Å². The lowest BCUT2D eigenvalue weighted by molar-refractivity contribution is -0.121. The van der Waals surface area contributed by atoms with E-state index in [1.807, 2.05) is 0 Å². The predicted molar refractivity (Wildman–Crippen MR) is 107 cm³/mol. The van der Waals surface area contributed by atoms with Crippen LogP contribution in [0.15, 0.2) is 47.4 Å².